The second-order valence-electron chi connectivity index (χ2n) is 9.34. The highest BCUT2D eigenvalue weighted by molar-refractivity contribution is 7.90. The Kier molecular flexibility index (Phi) is 6.64. The van der Waals surface area contributed by atoms with Crippen LogP contribution in [0.5, 0.6) is 0 Å². The molecule has 4 aromatic rings. The zero-order valence-corrected chi connectivity index (χ0v) is 21.1. The van der Waals surface area contributed by atoms with Crippen LogP contribution in [0.1, 0.15) is 26.6 Å². The van der Waals surface area contributed by atoms with Crippen molar-refractivity contribution in [2.24, 2.45) is 0 Å². The van der Waals surface area contributed by atoms with Gasteiger partial charge in [0.2, 0.25) is 0 Å². The van der Waals surface area contributed by atoms with Gasteiger partial charge in [0.05, 0.1) is 22.0 Å². The van der Waals surface area contributed by atoms with Crippen molar-refractivity contribution in [3.05, 3.63) is 78.6 Å². The number of imidazole rings is 1. The molecule has 10 heteroatoms. The number of nitrogens with one attached hydrogen (secondary N) is 3. The van der Waals surface area contributed by atoms with Crippen LogP contribution in [0, 0.1) is 5.82 Å². The third kappa shape index (κ3) is 5.44. The van der Waals surface area contributed by atoms with Gasteiger partial charge in [-0.2, -0.15) is 0 Å². The number of carbonyl (C=O) groups is 1. The van der Waals surface area contributed by atoms with Crippen LogP contribution in [0.2, 0.25) is 0 Å². The summed E-state index contributed by atoms with van der Waals surface area (Å²) >= 11 is 0. The number of rotatable bonds is 5. The summed E-state index contributed by atoms with van der Waals surface area (Å²) in [7, 11) is -3.35. The third-order valence-electron chi connectivity index (χ3n) is 5.43. The molecule has 0 atom stereocenters. The quantitative estimate of drug-likeness (QED) is 0.324. The fourth-order valence-electron chi connectivity index (χ4n) is 3.53. The van der Waals surface area contributed by atoms with Gasteiger partial charge in [0.25, 0.3) is 0 Å². The van der Waals surface area contributed by atoms with Crippen LogP contribution < -0.4 is 10.6 Å². The van der Waals surface area contributed by atoms with Crippen LogP contribution in [0.3, 0.4) is 0 Å². The number of urea groups is 1. The van der Waals surface area contributed by atoms with E-state index >= 15 is 4.39 Å². The number of aromatic nitrogens is 3. The van der Waals surface area contributed by atoms with Gasteiger partial charge in [0, 0.05) is 40.9 Å². The lowest BCUT2D eigenvalue weighted by atomic mass is 9.96. The molecule has 2 amide bonds. The smallest absolute Gasteiger partial charge is 0.323 e. The number of aromatic amines is 1. The first kappa shape index (κ1) is 25.1. The number of sulfone groups is 1. The maximum atomic E-state index is 15.7. The molecule has 3 N–H and O–H groups in total. The van der Waals surface area contributed by atoms with E-state index in [-0.39, 0.29) is 21.6 Å². The minimum atomic E-state index is -3.35. The number of hydrogen-bond acceptors (Lipinski definition) is 5. The largest absolute Gasteiger partial charge is 0.341 e. The van der Waals surface area contributed by atoms with Gasteiger partial charge in [-0.25, -0.2) is 22.6 Å². The number of benzene rings is 2. The number of nitrogens with zero attached hydrogens (tertiary/aromatic N) is 2. The zero-order chi connectivity index (χ0) is 26.1. The average Bonchev–Trinajstić information content (AvgIpc) is 3.27. The number of amides is 2. The molecule has 0 saturated carbocycles. The predicted octanol–water partition coefficient (Wildman–Crippen LogP) is 5.62. The van der Waals surface area contributed by atoms with Gasteiger partial charge in [-0.15, -0.1) is 0 Å². The Labute approximate surface area is 208 Å². The summed E-state index contributed by atoms with van der Waals surface area (Å²) in [4.78, 5) is 24.8. The molecule has 0 aliphatic heterocycles. The molecule has 0 radical (unpaired) electrons. The van der Waals surface area contributed by atoms with Crippen LogP contribution in [-0.4, -0.2) is 35.7 Å². The molecule has 0 saturated heterocycles. The molecule has 2 aromatic heterocycles. The van der Waals surface area contributed by atoms with Crippen molar-refractivity contribution in [1.29, 1.82) is 0 Å². The van der Waals surface area contributed by atoms with Crippen LogP contribution in [-0.2, 0) is 15.3 Å². The number of halogens is 1. The molecular weight excluding hydrogens is 481 g/mol. The van der Waals surface area contributed by atoms with E-state index in [1.54, 1.807) is 24.5 Å². The molecule has 36 heavy (non-hydrogen) atoms. The van der Waals surface area contributed by atoms with Crippen LogP contribution in [0.4, 0.5) is 20.6 Å². The summed E-state index contributed by atoms with van der Waals surface area (Å²) in [5.74, 6) is 0.0553. The Balaban J connectivity index is 1.64. The molecule has 4 rings (SSSR count). The first-order valence-corrected chi connectivity index (χ1v) is 13.0. The van der Waals surface area contributed by atoms with Gasteiger partial charge in [-0.3, -0.25) is 4.98 Å². The minimum Gasteiger partial charge on any atom is -0.341 e. The SMILES string of the molecule is CC(C)(C)c1nc(-c2cccc(NC(=O)Nc3ccc(S(C)(=O)=O)cc3)c2F)c(-c2ccncc2)[nH]1. The minimum absolute atomic E-state index is 0.0289. The predicted molar refractivity (Wildman–Crippen MR) is 138 cm³/mol. The van der Waals surface area contributed by atoms with Crippen molar-refractivity contribution in [3.63, 3.8) is 0 Å². The number of carbonyl (C=O) groups excluding carboxylic acids is 1. The Morgan fingerprint density at radius 1 is 0.972 bits per heavy atom. The molecule has 0 aliphatic rings. The van der Waals surface area contributed by atoms with Gasteiger partial charge in [-0.05, 0) is 48.5 Å². The lowest BCUT2D eigenvalue weighted by Crippen LogP contribution is -2.20. The van der Waals surface area contributed by atoms with Crippen LogP contribution in [0.15, 0.2) is 71.9 Å². The number of anilines is 2. The topological polar surface area (TPSA) is 117 Å². The Hall–Kier alpha value is -4.05. The van der Waals surface area contributed by atoms with Gasteiger partial charge < -0.3 is 15.6 Å². The first-order valence-electron chi connectivity index (χ1n) is 11.1. The Morgan fingerprint density at radius 3 is 2.25 bits per heavy atom. The average molecular weight is 508 g/mol. The number of hydrogen-bond donors (Lipinski definition) is 3. The first-order chi connectivity index (χ1) is 16.9. The van der Waals surface area contributed by atoms with E-state index in [2.05, 4.69) is 20.6 Å². The van der Waals surface area contributed by atoms with E-state index in [0.29, 0.717) is 22.9 Å². The van der Waals surface area contributed by atoms with Crippen molar-refractivity contribution >= 4 is 27.2 Å². The van der Waals surface area contributed by atoms with Crippen molar-refractivity contribution in [3.8, 4) is 22.5 Å². The van der Waals surface area contributed by atoms with E-state index in [9.17, 15) is 13.2 Å². The summed E-state index contributed by atoms with van der Waals surface area (Å²) in [6, 6.07) is 13.3. The lowest BCUT2D eigenvalue weighted by Gasteiger charge is -2.14. The summed E-state index contributed by atoms with van der Waals surface area (Å²) in [5.41, 5.74) is 2.12. The molecule has 0 fully saturated rings. The van der Waals surface area contributed by atoms with Gasteiger partial charge in [0.15, 0.2) is 15.7 Å². The van der Waals surface area contributed by atoms with Crippen molar-refractivity contribution in [2.75, 3.05) is 16.9 Å². The second kappa shape index (κ2) is 9.54. The summed E-state index contributed by atoms with van der Waals surface area (Å²) in [5, 5.41) is 5.10. The van der Waals surface area contributed by atoms with Gasteiger partial charge in [-0.1, -0.05) is 26.8 Å². The highest BCUT2D eigenvalue weighted by Crippen LogP contribution is 2.36. The maximum Gasteiger partial charge on any atom is 0.323 e. The summed E-state index contributed by atoms with van der Waals surface area (Å²) < 4.78 is 38.9. The number of pyridine rings is 1. The second-order valence-corrected chi connectivity index (χ2v) is 11.4. The van der Waals surface area contributed by atoms with E-state index < -0.39 is 21.7 Å². The molecule has 2 aromatic carbocycles. The molecule has 186 valence electrons. The zero-order valence-electron chi connectivity index (χ0n) is 20.3. The van der Waals surface area contributed by atoms with Crippen molar-refractivity contribution in [1.82, 2.24) is 15.0 Å². The van der Waals surface area contributed by atoms with E-state index in [0.717, 1.165) is 11.8 Å². The van der Waals surface area contributed by atoms with Crippen molar-refractivity contribution in [2.45, 2.75) is 31.1 Å². The monoisotopic (exact) mass is 507 g/mol. The number of H-pyrrole nitrogens is 1. The highest BCUT2D eigenvalue weighted by Gasteiger charge is 2.25. The van der Waals surface area contributed by atoms with E-state index in [1.807, 2.05) is 32.9 Å². The molecular formula is C26H26FN5O3S. The normalized spacial score (nSPS) is 11.8. The molecule has 0 aliphatic carbocycles. The molecule has 0 spiro atoms. The summed E-state index contributed by atoms with van der Waals surface area (Å²) in [6.45, 7) is 6.02. The maximum absolute atomic E-state index is 15.7. The summed E-state index contributed by atoms with van der Waals surface area (Å²) in [6.07, 6.45) is 4.40. The fraction of sp³-hybridized carbons (Fsp3) is 0.192. The lowest BCUT2D eigenvalue weighted by molar-refractivity contribution is 0.262. The molecule has 0 bridgehead atoms. The standard InChI is InChI=1S/C26H26FN5O3S/c1-26(2,3)24-31-22(16-12-14-28-15-13-16)23(32-24)19-6-5-7-20(21(19)27)30-25(33)29-17-8-10-18(11-9-17)36(4,34)35/h5-15H,1-4H3,(H,31,32)(H2,29,30,33). The van der Waals surface area contributed by atoms with Crippen LogP contribution >= 0.6 is 0 Å². The molecule has 8 nitrogen and oxygen atoms in total. The van der Waals surface area contributed by atoms with Crippen LogP contribution in [0.25, 0.3) is 22.5 Å². The molecule has 2 heterocycles. The highest BCUT2D eigenvalue weighted by atomic mass is 32.2. The van der Waals surface area contributed by atoms with E-state index in [1.165, 1.54) is 30.3 Å². The van der Waals surface area contributed by atoms with Crippen molar-refractivity contribution < 1.29 is 17.6 Å². The Bertz CT molecular complexity index is 1510. The van der Waals surface area contributed by atoms with Gasteiger partial charge >= 0.3 is 6.03 Å². The van der Waals surface area contributed by atoms with E-state index in [4.69, 9.17) is 4.98 Å². The Morgan fingerprint density at radius 2 is 1.64 bits per heavy atom. The third-order valence-corrected chi connectivity index (χ3v) is 6.55. The fourth-order valence-corrected chi connectivity index (χ4v) is 4.16. The van der Waals surface area contributed by atoms with Gasteiger partial charge in [0.1, 0.15) is 5.82 Å². The molecule has 0 unspecified atom stereocenters.